The molecule has 0 fully saturated rings. The van der Waals surface area contributed by atoms with E-state index in [9.17, 15) is 8.42 Å². The quantitative estimate of drug-likeness (QED) is 0.676. The summed E-state index contributed by atoms with van der Waals surface area (Å²) in [6.07, 6.45) is 1.71. The van der Waals surface area contributed by atoms with Gasteiger partial charge in [-0.1, -0.05) is 0 Å². The van der Waals surface area contributed by atoms with Crippen molar-refractivity contribution in [3.63, 3.8) is 0 Å². The average Bonchev–Trinajstić information content (AvgIpc) is 2.48. The van der Waals surface area contributed by atoms with Gasteiger partial charge in [-0.15, -0.1) is 0 Å². The van der Waals surface area contributed by atoms with Gasteiger partial charge in [0.15, 0.2) is 0 Å². The van der Waals surface area contributed by atoms with Crippen molar-refractivity contribution in [2.24, 2.45) is 0 Å². The van der Waals surface area contributed by atoms with Crippen LogP contribution in [0.5, 0.6) is 0 Å². The Morgan fingerprint density at radius 3 is 2.00 bits per heavy atom. The van der Waals surface area contributed by atoms with Crippen LogP contribution in [-0.2, 0) is 9.84 Å². The van der Waals surface area contributed by atoms with Crippen LogP contribution >= 0.6 is 0 Å². The van der Waals surface area contributed by atoms with Crippen molar-refractivity contribution in [2.45, 2.75) is 32.6 Å². The van der Waals surface area contributed by atoms with Crippen LogP contribution in [0.4, 0.5) is 0 Å². The Balaban J connectivity index is 3.00. The summed E-state index contributed by atoms with van der Waals surface area (Å²) in [4.78, 5) is 0.503. The molecule has 2 rings (SSSR count). The van der Waals surface area contributed by atoms with E-state index in [1.807, 2.05) is 27.7 Å². The van der Waals surface area contributed by atoms with E-state index in [0.717, 1.165) is 22.3 Å². The van der Waals surface area contributed by atoms with Crippen LogP contribution in [-0.4, -0.2) is 8.42 Å². The first-order valence-electron chi connectivity index (χ1n) is 4.90. The molecule has 1 aliphatic rings. The SMILES string of the molecule is Cc1c(C)c(C)c2c(c1C)C=CS2(=O)=O. The second-order valence-electron chi connectivity index (χ2n) is 4.09. The summed E-state index contributed by atoms with van der Waals surface area (Å²) in [5, 5.41) is 1.30. The third-order valence-electron chi connectivity index (χ3n) is 3.38. The molecular formula is C12H14O2S. The van der Waals surface area contributed by atoms with Gasteiger partial charge in [0.1, 0.15) is 0 Å². The molecule has 0 unspecified atom stereocenters. The fourth-order valence-electron chi connectivity index (χ4n) is 2.10. The lowest BCUT2D eigenvalue weighted by Gasteiger charge is -2.14. The first kappa shape index (κ1) is 10.4. The third kappa shape index (κ3) is 1.26. The van der Waals surface area contributed by atoms with Crippen LogP contribution in [0.15, 0.2) is 10.3 Å². The van der Waals surface area contributed by atoms with E-state index < -0.39 is 9.84 Å². The maximum absolute atomic E-state index is 11.8. The molecule has 0 radical (unpaired) electrons. The van der Waals surface area contributed by atoms with Crippen molar-refractivity contribution in [1.82, 2.24) is 0 Å². The predicted molar refractivity (Wildman–Crippen MR) is 61.6 cm³/mol. The molecule has 0 atom stereocenters. The molecule has 80 valence electrons. The summed E-state index contributed by atoms with van der Waals surface area (Å²) in [5.74, 6) is 0. The normalized spacial score (nSPS) is 16.8. The van der Waals surface area contributed by atoms with Crippen LogP contribution in [0.25, 0.3) is 6.08 Å². The lowest BCUT2D eigenvalue weighted by Crippen LogP contribution is -2.03. The van der Waals surface area contributed by atoms with Gasteiger partial charge >= 0.3 is 0 Å². The van der Waals surface area contributed by atoms with Gasteiger partial charge in [0.05, 0.1) is 4.90 Å². The summed E-state index contributed by atoms with van der Waals surface area (Å²) in [7, 11) is -3.18. The molecule has 1 heterocycles. The second-order valence-corrected chi connectivity index (χ2v) is 5.86. The standard InChI is InChI=1S/C12H14O2S/c1-7-8(2)10(4)12-11(9(7)3)5-6-15(12,13)14/h5-6H,1-4H3. The minimum absolute atomic E-state index is 0.503. The highest BCUT2D eigenvalue weighted by Gasteiger charge is 2.26. The number of hydrogen-bond acceptors (Lipinski definition) is 2. The van der Waals surface area contributed by atoms with E-state index in [0.29, 0.717) is 4.90 Å². The lowest BCUT2D eigenvalue weighted by molar-refractivity contribution is 0.604. The molecule has 2 nitrogen and oxygen atoms in total. The summed E-state index contributed by atoms with van der Waals surface area (Å²) in [6.45, 7) is 7.87. The Morgan fingerprint density at radius 2 is 1.40 bits per heavy atom. The zero-order chi connectivity index (χ0) is 11.4. The van der Waals surface area contributed by atoms with Gasteiger partial charge in [-0.2, -0.15) is 0 Å². The van der Waals surface area contributed by atoms with Gasteiger partial charge in [0, 0.05) is 5.41 Å². The van der Waals surface area contributed by atoms with Gasteiger partial charge in [0.2, 0.25) is 9.84 Å². The Bertz CT molecular complexity index is 578. The molecule has 0 aromatic heterocycles. The molecule has 0 saturated carbocycles. The number of hydrogen-bond donors (Lipinski definition) is 0. The van der Waals surface area contributed by atoms with Gasteiger partial charge in [-0.05, 0) is 61.6 Å². The number of benzene rings is 1. The molecule has 0 saturated heterocycles. The fourth-order valence-corrected chi connectivity index (χ4v) is 3.66. The van der Waals surface area contributed by atoms with Crippen molar-refractivity contribution in [3.05, 3.63) is 33.2 Å². The largest absolute Gasteiger partial charge is 0.219 e. The number of fused-ring (bicyclic) bond motifs is 1. The predicted octanol–water partition coefficient (Wildman–Crippen LogP) is 2.68. The minimum Gasteiger partial charge on any atom is -0.219 e. The van der Waals surface area contributed by atoms with Crippen molar-refractivity contribution in [2.75, 3.05) is 0 Å². The molecule has 15 heavy (non-hydrogen) atoms. The number of sulfone groups is 1. The Kier molecular flexibility index (Phi) is 2.05. The Labute approximate surface area is 90.6 Å². The summed E-state index contributed by atoms with van der Waals surface area (Å²) in [6, 6.07) is 0. The van der Waals surface area contributed by atoms with Gasteiger partial charge in [-0.25, -0.2) is 8.42 Å². The molecule has 0 aliphatic carbocycles. The maximum Gasteiger partial charge on any atom is 0.200 e. The average molecular weight is 222 g/mol. The van der Waals surface area contributed by atoms with E-state index in [2.05, 4.69) is 0 Å². The Hall–Kier alpha value is -1.09. The Morgan fingerprint density at radius 1 is 0.867 bits per heavy atom. The van der Waals surface area contributed by atoms with Gasteiger partial charge in [-0.3, -0.25) is 0 Å². The minimum atomic E-state index is -3.18. The zero-order valence-electron chi connectivity index (χ0n) is 9.38. The fraction of sp³-hybridized carbons (Fsp3) is 0.333. The topological polar surface area (TPSA) is 34.1 Å². The molecule has 0 N–H and O–H groups in total. The highest BCUT2D eigenvalue weighted by atomic mass is 32.2. The number of rotatable bonds is 0. The van der Waals surface area contributed by atoms with E-state index in [1.165, 1.54) is 11.0 Å². The van der Waals surface area contributed by atoms with Crippen molar-refractivity contribution < 1.29 is 8.42 Å². The third-order valence-corrected chi connectivity index (χ3v) is 4.96. The molecule has 1 aromatic carbocycles. The van der Waals surface area contributed by atoms with E-state index >= 15 is 0 Å². The molecular weight excluding hydrogens is 208 g/mol. The van der Waals surface area contributed by atoms with Crippen molar-refractivity contribution in [1.29, 1.82) is 0 Å². The molecule has 0 spiro atoms. The van der Waals surface area contributed by atoms with Crippen LogP contribution in [0.1, 0.15) is 27.8 Å². The molecule has 1 aliphatic heterocycles. The van der Waals surface area contributed by atoms with E-state index in [4.69, 9.17) is 0 Å². The van der Waals surface area contributed by atoms with Crippen LogP contribution in [0.2, 0.25) is 0 Å². The lowest BCUT2D eigenvalue weighted by atomic mass is 9.94. The smallest absolute Gasteiger partial charge is 0.200 e. The van der Waals surface area contributed by atoms with Gasteiger partial charge in [0.25, 0.3) is 0 Å². The van der Waals surface area contributed by atoms with Crippen molar-refractivity contribution >= 4 is 15.9 Å². The maximum atomic E-state index is 11.8. The van der Waals surface area contributed by atoms with Crippen LogP contribution in [0.3, 0.4) is 0 Å². The summed E-state index contributed by atoms with van der Waals surface area (Å²) in [5.41, 5.74) is 5.10. The van der Waals surface area contributed by atoms with E-state index in [-0.39, 0.29) is 0 Å². The molecule has 3 heteroatoms. The summed E-state index contributed by atoms with van der Waals surface area (Å²) >= 11 is 0. The first-order chi connectivity index (χ1) is 6.86. The highest BCUT2D eigenvalue weighted by molar-refractivity contribution is 7.94. The monoisotopic (exact) mass is 222 g/mol. The van der Waals surface area contributed by atoms with Crippen molar-refractivity contribution in [3.8, 4) is 0 Å². The zero-order valence-corrected chi connectivity index (χ0v) is 10.2. The summed E-state index contributed by atoms with van der Waals surface area (Å²) < 4.78 is 23.6. The first-order valence-corrected chi connectivity index (χ1v) is 6.44. The van der Waals surface area contributed by atoms with E-state index in [1.54, 1.807) is 6.08 Å². The van der Waals surface area contributed by atoms with Crippen LogP contribution < -0.4 is 0 Å². The molecule has 0 amide bonds. The second kappa shape index (κ2) is 2.95. The van der Waals surface area contributed by atoms with Gasteiger partial charge < -0.3 is 0 Å². The molecule has 0 bridgehead atoms. The highest BCUT2D eigenvalue weighted by Crippen LogP contribution is 2.36. The molecule has 1 aromatic rings. The van der Waals surface area contributed by atoms with Crippen LogP contribution in [0, 0.1) is 27.7 Å².